The van der Waals surface area contributed by atoms with E-state index in [1.807, 2.05) is 12.1 Å². The number of hydrogen-bond acceptors (Lipinski definition) is 5. The first-order valence-corrected chi connectivity index (χ1v) is 12.2. The Kier molecular flexibility index (Phi) is 7.67. The molecule has 1 fully saturated rings. The Bertz CT molecular complexity index is 1080. The van der Waals surface area contributed by atoms with Crippen LogP contribution in [0.1, 0.15) is 41.6 Å². The average Bonchev–Trinajstić information content (AvgIpc) is 3.18. The van der Waals surface area contributed by atoms with Crippen LogP contribution in [0.25, 0.3) is 0 Å². The van der Waals surface area contributed by atoms with E-state index in [0.29, 0.717) is 22.8 Å². The maximum absolute atomic E-state index is 12.6. The van der Waals surface area contributed by atoms with E-state index in [0.717, 1.165) is 36.7 Å². The molecule has 2 N–H and O–H groups in total. The van der Waals surface area contributed by atoms with Gasteiger partial charge in [0.05, 0.1) is 0 Å². The van der Waals surface area contributed by atoms with Crippen LogP contribution in [-0.4, -0.2) is 46.1 Å². The van der Waals surface area contributed by atoms with Crippen LogP contribution in [0.2, 0.25) is 5.02 Å². The second kappa shape index (κ2) is 10.9. The third-order valence-corrected chi connectivity index (χ3v) is 6.93. The van der Waals surface area contributed by atoms with Gasteiger partial charge in [-0.2, -0.15) is 4.99 Å². The van der Waals surface area contributed by atoms with Crippen LogP contribution < -0.4 is 10.6 Å². The fourth-order valence-corrected chi connectivity index (χ4v) is 5.11. The van der Waals surface area contributed by atoms with E-state index in [-0.39, 0.29) is 24.1 Å². The molecule has 0 aliphatic carbocycles. The number of hydrogen-bond donors (Lipinski definition) is 2. The highest BCUT2D eigenvalue weighted by molar-refractivity contribution is 8.15. The number of anilines is 1. The van der Waals surface area contributed by atoms with Crippen LogP contribution >= 0.6 is 23.4 Å². The van der Waals surface area contributed by atoms with E-state index in [2.05, 4.69) is 20.5 Å². The highest BCUT2D eigenvalue weighted by Crippen LogP contribution is 2.29. The number of rotatable bonds is 6. The Hall–Kier alpha value is -2.84. The normalized spacial score (nSPS) is 18.1. The first kappa shape index (κ1) is 23.3. The lowest BCUT2D eigenvalue weighted by molar-refractivity contribution is -0.121. The molecule has 0 saturated carbocycles. The maximum Gasteiger partial charge on any atom is 0.262 e. The Morgan fingerprint density at radius 3 is 2.67 bits per heavy atom. The van der Waals surface area contributed by atoms with Crippen LogP contribution in [0.3, 0.4) is 0 Å². The van der Waals surface area contributed by atoms with Gasteiger partial charge in [-0.1, -0.05) is 41.6 Å². The van der Waals surface area contributed by atoms with Crippen molar-refractivity contribution in [2.75, 3.05) is 18.4 Å². The number of thioether (sulfide) groups is 1. The highest BCUT2D eigenvalue weighted by Gasteiger charge is 2.33. The van der Waals surface area contributed by atoms with Crippen molar-refractivity contribution in [1.29, 1.82) is 0 Å². The maximum atomic E-state index is 12.6. The van der Waals surface area contributed by atoms with Crippen molar-refractivity contribution in [3.05, 3.63) is 64.7 Å². The topological polar surface area (TPSA) is 90.9 Å². The lowest BCUT2D eigenvalue weighted by atomic mass is 10.1. The van der Waals surface area contributed by atoms with E-state index in [1.54, 1.807) is 36.4 Å². The van der Waals surface area contributed by atoms with Crippen molar-refractivity contribution in [3.8, 4) is 0 Å². The molecule has 0 bridgehead atoms. The molecule has 4 rings (SSSR count). The monoisotopic (exact) mass is 484 g/mol. The molecule has 3 amide bonds. The number of halogens is 1. The molecule has 2 aliphatic heterocycles. The van der Waals surface area contributed by atoms with Crippen molar-refractivity contribution in [3.63, 3.8) is 0 Å². The number of likely N-dealkylation sites (tertiary alicyclic amines) is 1. The smallest absolute Gasteiger partial charge is 0.262 e. The van der Waals surface area contributed by atoms with Gasteiger partial charge in [-0.15, -0.1) is 0 Å². The molecule has 9 heteroatoms. The summed E-state index contributed by atoms with van der Waals surface area (Å²) >= 11 is 7.35. The fourth-order valence-electron chi connectivity index (χ4n) is 3.78. The molecular weight excluding hydrogens is 460 g/mol. The summed E-state index contributed by atoms with van der Waals surface area (Å²) in [5.41, 5.74) is 1.82. The first-order chi connectivity index (χ1) is 16.0. The van der Waals surface area contributed by atoms with Crippen LogP contribution in [-0.2, 0) is 16.1 Å². The summed E-state index contributed by atoms with van der Waals surface area (Å²) in [4.78, 5) is 43.7. The Morgan fingerprint density at radius 1 is 1.09 bits per heavy atom. The number of nitrogens with zero attached hydrogens (tertiary/aromatic N) is 2. The second-order valence-electron chi connectivity index (χ2n) is 8.03. The first-order valence-electron chi connectivity index (χ1n) is 10.9. The minimum atomic E-state index is -0.508. The summed E-state index contributed by atoms with van der Waals surface area (Å²) in [5, 5.41) is 6.47. The third kappa shape index (κ3) is 6.36. The molecule has 7 nitrogen and oxygen atoms in total. The molecule has 1 saturated heterocycles. The number of carbonyl (C=O) groups is 3. The molecule has 2 aromatic carbocycles. The SMILES string of the molecule is O=C(CC1SC(N2CCCCC2)=NC1=O)Nc1cccc(C(=O)NCc2cccc(Cl)c2)c1. The molecule has 2 aromatic rings. The number of nitrogens with one attached hydrogen (secondary N) is 2. The fraction of sp³-hybridized carbons (Fsp3) is 0.333. The zero-order valence-corrected chi connectivity index (χ0v) is 19.6. The molecular formula is C24H25ClN4O3S. The zero-order chi connectivity index (χ0) is 23.2. The molecule has 0 spiro atoms. The van der Waals surface area contributed by atoms with Gasteiger partial charge in [-0.25, -0.2) is 0 Å². The molecule has 2 heterocycles. The molecule has 0 aromatic heterocycles. The number of benzene rings is 2. The summed E-state index contributed by atoms with van der Waals surface area (Å²) < 4.78 is 0. The predicted octanol–water partition coefficient (Wildman–Crippen LogP) is 4.08. The van der Waals surface area contributed by atoms with Gasteiger partial charge in [0.15, 0.2) is 5.17 Å². The quantitative estimate of drug-likeness (QED) is 0.644. The van der Waals surface area contributed by atoms with E-state index in [4.69, 9.17) is 11.6 Å². The highest BCUT2D eigenvalue weighted by atomic mass is 35.5. The number of carbonyl (C=O) groups excluding carboxylic acids is 3. The molecule has 172 valence electrons. The lowest BCUT2D eigenvalue weighted by Gasteiger charge is -2.27. The van der Waals surface area contributed by atoms with Gasteiger partial charge in [-0.3, -0.25) is 14.4 Å². The van der Waals surface area contributed by atoms with Gasteiger partial charge < -0.3 is 15.5 Å². The molecule has 1 atom stereocenters. The zero-order valence-electron chi connectivity index (χ0n) is 18.1. The van der Waals surface area contributed by atoms with Gasteiger partial charge in [-0.05, 0) is 55.2 Å². The summed E-state index contributed by atoms with van der Waals surface area (Å²) in [6.07, 6.45) is 3.44. The van der Waals surface area contributed by atoms with Crippen LogP contribution in [0.4, 0.5) is 5.69 Å². The summed E-state index contributed by atoms with van der Waals surface area (Å²) in [6, 6.07) is 14.0. The summed E-state index contributed by atoms with van der Waals surface area (Å²) in [5.74, 6) is -0.801. The van der Waals surface area contributed by atoms with Gasteiger partial charge in [0.1, 0.15) is 5.25 Å². The van der Waals surface area contributed by atoms with Crippen molar-refractivity contribution >= 4 is 51.9 Å². The van der Waals surface area contributed by atoms with Crippen LogP contribution in [0.15, 0.2) is 53.5 Å². The van der Waals surface area contributed by atoms with Crippen molar-refractivity contribution in [1.82, 2.24) is 10.2 Å². The largest absolute Gasteiger partial charge is 0.351 e. The Morgan fingerprint density at radius 2 is 1.88 bits per heavy atom. The van der Waals surface area contributed by atoms with E-state index in [1.165, 1.54) is 18.2 Å². The second-order valence-corrected chi connectivity index (χ2v) is 9.64. The van der Waals surface area contributed by atoms with Gasteiger partial charge in [0, 0.05) is 42.3 Å². The number of aliphatic imine (C=N–C) groups is 1. The van der Waals surface area contributed by atoms with Crippen molar-refractivity contribution in [2.24, 2.45) is 4.99 Å². The molecule has 33 heavy (non-hydrogen) atoms. The van der Waals surface area contributed by atoms with E-state index in [9.17, 15) is 14.4 Å². The third-order valence-electron chi connectivity index (χ3n) is 5.48. The summed E-state index contributed by atoms with van der Waals surface area (Å²) in [6.45, 7) is 2.16. The van der Waals surface area contributed by atoms with Crippen LogP contribution in [0.5, 0.6) is 0 Å². The number of amides is 3. The predicted molar refractivity (Wildman–Crippen MR) is 132 cm³/mol. The Labute approximate surface area is 202 Å². The standard InChI is InChI=1S/C24H25ClN4O3S/c25-18-8-4-6-16(12-18)15-26-22(31)17-7-5-9-19(13-17)27-21(30)14-20-23(32)28-24(33-20)29-10-2-1-3-11-29/h4-9,12-13,20H,1-3,10-11,14-15H2,(H,26,31)(H,27,30). The Balaban J connectivity index is 1.29. The molecule has 0 radical (unpaired) electrons. The summed E-state index contributed by atoms with van der Waals surface area (Å²) in [7, 11) is 0. The number of amidine groups is 1. The van der Waals surface area contributed by atoms with Gasteiger partial charge in [0.25, 0.3) is 11.8 Å². The van der Waals surface area contributed by atoms with E-state index < -0.39 is 5.25 Å². The minimum Gasteiger partial charge on any atom is -0.351 e. The minimum absolute atomic E-state index is 0.0372. The van der Waals surface area contributed by atoms with Crippen molar-refractivity contribution < 1.29 is 14.4 Å². The van der Waals surface area contributed by atoms with Gasteiger partial charge in [0.2, 0.25) is 5.91 Å². The van der Waals surface area contributed by atoms with Crippen LogP contribution in [0, 0.1) is 0 Å². The van der Waals surface area contributed by atoms with Gasteiger partial charge >= 0.3 is 0 Å². The van der Waals surface area contributed by atoms with Crippen molar-refractivity contribution in [2.45, 2.75) is 37.5 Å². The molecule has 2 aliphatic rings. The average molecular weight is 485 g/mol. The lowest BCUT2D eigenvalue weighted by Crippen LogP contribution is -2.33. The number of piperidine rings is 1. The van der Waals surface area contributed by atoms with E-state index >= 15 is 0 Å². The molecule has 1 unspecified atom stereocenters.